The number of aryl methyl sites for hydroxylation is 2. The van der Waals surface area contributed by atoms with Crippen molar-refractivity contribution in [3.63, 3.8) is 0 Å². The molecule has 0 aliphatic heterocycles. The maximum Gasteiger partial charge on any atom is 0.0768 e. The van der Waals surface area contributed by atoms with Crippen LogP contribution in [0.2, 0.25) is 0 Å². The second-order valence-electron chi connectivity index (χ2n) is 5.72. The fraction of sp³-hybridized carbons (Fsp3) is 0.562. The second kappa shape index (κ2) is 4.40. The summed E-state index contributed by atoms with van der Waals surface area (Å²) in [6.07, 6.45) is 6.98. The minimum atomic E-state index is -0.165. The SMILES string of the molecule is CNC(c1ccc2c(c1)CCC2)C1(C#N)CCC1. The highest BCUT2D eigenvalue weighted by Gasteiger charge is 2.44. The zero-order valence-corrected chi connectivity index (χ0v) is 11.0. The van der Waals surface area contributed by atoms with Crippen LogP contribution in [0.4, 0.5) is 0 Å². The van der Waals surface area contributed by atoms with Crippen molar-refractivity contribution in [3.8, 4) is 6.07 Å². The molecule has 3 rings (SSSR count). The van der Waals surface area contributed by atoms with E-state index in [9.17, 15) is 5.26 Å². The molecule has 1 aromatic carbocycles. The van der Waals surface area contributed by atoms with Crippen LogP contribution in [-0.2, 0) is 12.8 Å². The molecule has 1 atom stereocenters. The van der Waals surface area contributed by atoms with Gasteiger partial charge in [0.2, 0.25) is 0 Å². The van der Waals surface area contributed by atoms with Gasteiger partial charge in [-0.2, -0.15) is 5.26 Å². The Morgan fingerprint density at radius 2 is 2.00 bits per heavy atom. The van der Waals surface area contributed by atoms with Crippen molar-refractivity contribution in [2.24, 2.45) is 5.41 Å². The Kier molecular flexibility index (Phi) is 2.87. The maximum atomic E-state index is 9.50. The standard InChI is InChI=1S/C16H20N2/c1-18-15(16(11-17)8-3-9-16)14-7-6-12-4-2-5-13(12)10-14/h6-7,10,15,18H,2-5,8-9H2,1H3. The van der Waals surface area contributed by atoms with Crippen LogP contribution in [0.15, 0.2) is 18.2 Å². The van der Waals surface area contributed by atoms with Gasteiger partial charge in [-0.1, -0.05) is 24.6 Å². The van der Waals surface area contributed by atoms with Gasteiger partial charge >= 0.3 is 0 Å². The van der Waals surface area contributed by atoms with Crippen LogP contribution in [0.5, 0.6) is 0 Å². The molecule has 2 aliphatic carbocycles. The molecule has 0 aromatic heterocycles. The Hall–Kier alpha value is -1.33. The first kappa shape index (κ1) is 11.7. The molecule has 1 aromatic rings. The summed E-state index contributed by atoms with van der Waals surface area (Å²) >= 11 is 0. The van der Waals surface area contributed by atoms with E-state index >= 15 is 0 Å². The molecule has 0 spiro atoms. The summed E-state index contributed by atoms with van der Waals surface area (Å²) in [6, 6.07) is 9.59. The van der Waals surface area contributed by atoms with Crippen LogP contribution in [-0.4, -0.2) is 7.05 Å². The third-order valence-corrected chi connectivity index (χ3v) is 4.77. The van der Waals surface area contributed by atoms with Crippen LogP contribution >= 0.6 is 0 Å². The average molecular weight is 240 g/mol. The van der Waals surface area contributed by atoms with Crippen LogP contribution in [0, 0.1) is 16.7 Å². The minimum Gasteiger partial charge on any atom is -0.312 e. The van der Waals surface area contributed by atoms with E-state index in [2.05, 4.69) is 29.6 Å². The van der Waals surface area contributed by atoms with Crippen molar-refractivity contribution in [1.29, 1.82) is 5.26 Å². The molecule has 1 unspecified atom stereocenters. The molecule has 0 saturated heterocycles. The summed E-state index contributed by atoms with van der Waals surface area (Å²) in [6.45, 7) is 0. The molecular weight excluding hydrogens is 220 g/mol. The zero-order valence-electron chi connectivity index (χ0n) is 11.0. The van der Waals surface area contributed by atoms with Crippen molar-refractivity contribution in [2.75, 3.05) is 7.05 Å². The molecule has 0 heterocycles. The number of benzene rings is 1. The number of fused-ring (bicyclic) bond motifs is 1. The molecular formula is C16H20N2. The fourth-order valence-corrected chi connectivity index (χ4v) is 3.56. The monoisotopic (exact) mass is 240 g/mol. The predicted octanol–water partition coefficient (Wildman–Crippen LogP) is 3.13. The summed E-state index contributed by atoms with van der Waals surface area (Å²) in [4.78, 5) is 0. The van der Waals surface area contributed by atoms with E-state index in [1.54, 1.807) is 0 Å². The van der Waals surface area contributed by atoms with Gasteiger partial charge in [-0.05, 0) is 55.8 Å². The molecule has 94 valence electrons. The number of nitrogens with zero attached hydrogens (tertiary/aromatic N) is 1. The van der Waals surface area contributed by atoms with Crippen molar-refractivity contribution < 1.29 is 0 Å². The molecule has 0 bridgehead atoms. The van der Waals surface area contributed by atoms with E-state index < -0.39 is 0 Å². The van der Waals surface area contributed by atoms with Crippen LogP contribution in [0.25, 0.3) is 0 Å². The highest BCUT2D eigenvalue weighted by molar-refractivity contribution is 5.38. The molecule has 1 N–H and O–H groups in total. The van der Waals surface area contributed by atoms with Crippen molar-refractivity contribution in [2.45, 2.75) is 44.6 Å². The summed E-state index contributed by atoms with van der Waals surface area (Å²) in [5.41, 5.74) is 4.15. The molecule has 18 heavy (non-hydrogen) atoms. The lowest BCUT2D eigenvalue weighted by molar-refractivity contribution is 0.149. The van der Waals surface area contributed by atoms with E-state index in [0.717, 1.165) is 12.8 Å². The first-order valence-corrected chi connectivity index (χ1v) is 6.99. The summed E-state index contributed by atoms with van der Waals surface area (Å²) in [7, 11) is 1.98. The molecule has 2 nitrogen and oxygen atoms in total. The smallest absolute Gasteiger partial charge is 0.0768 e. The normalized spacial score (nSPS) is 21.8. The van der Waals surface area contributed by atoms with Gasteiger partial charge in [0.05, 0.1) is 17.5 Å². The number of nitriles is 1. The van der Waals surface area contributed by atoms with E-state index in [0.29, 0.717) is 0 Å². The van der Waals surface area contributed by atoms with E-state index in [1.807, 2.05) is 7.05 Å². The quantitative estimate of drug-likeness (QED) is 0.881. The molecule has 2 aliphatic rings. The lowest BCUT2D eigenvalue weighted by Crippen LogP contribution is -2.40. The van der Waals surface area contributed by atoms with Gasteiger partial charge in [0.15, 0.2) is 0 Å². The van der Waals surface area contributed by atoms with Crippen LogP contribution < -0.4 is 5.32 Å². The Balaban J connectivity index is 1.95. The largest absolute Gasteiger partial charge is 0.312 e. The first-order chi connectivity index (χ1) is 8.79. The molecule has 1 fully saturated rings. The van der Waals surface area contributed by atoms with Crippen LogP contribution in [0.1, 0.15) is 48.4 Å². The second-order valence-corrected chi connectivity index (χ2v) is 5.72. The lowest BCUT2D eigenvalue weighted by Gasteiger charge is -2.42. The Bertz CT molecular complexity index is 494. The number of hydrogen-bond donors (Lipinski definition) is 1. The Morgan fingerprint density at radius 1 is 1.22 bits per heavy atom. The minimum absolute atomic E-state index is 0.165. The lowest BCUT2D eigenvalue weighted by atomic mass is 9.63. The summed E-state index contributed by atoms with van der Waals surface area (Å²) in [5, 5.41) is 12.9. The molecule has 0 amide bonds. The van der Waals surface area contributed by atoms with Crippen molar-refractivity contribution in [3.05, 3.63) is 34.9 Å². The summed E-state index contributed by atoms with van der Waals surface area (Å²) < 4.78 is 0. The first-order valence-electron chi connectivity index (χ1n) is 6.99. The van der Waals surface area contributed by atoms with Gasteiger partial charge < -0.3 is 5.32 Å². The maximum absolute atomic E-state index is 9.50. The molecule has 2 heteroatoms. The van der Waals surface area contributed by atoms with Gasteiger partial charge in [-0.3, -0.25) is 0 Å². The fourth-order valence-electron chi connectivity index (χ4n) is 3.56. The highest BCUT2D eigenvalue weighted by atomic mass is 14.9. The average Bonchev–Trinajstić information content (AvgIpc) is 2.80. The summed E-state index contributed by atoms with van der Waals surface area (Å²) in [5.74, 6) is 0. The van der Waals surface area contributed by atoms with Gasteiger partial charge in [0, 0.05) is 0 Å². The number of hydrogen-bond acceptors (Lipinski definition) is 2. The van der Waals surface area contributed by atoms with E-state index in [1.165, 1.54) is 42.4 Å². The van der Waals surface area contributed by atoms with Crippen molar-refractivity contribution >= 4 is 0 Å². The van der Waals surface area contributed by atoms with Crippen molar-refractivity contribution in [1.82, 2.24) is 5.32 Å². The van der Waals surface area contributed by atoms with E-state index in [-0.39, 0.29) is 11.5 Å². The van der Waals surface area contributed by atoms with Crippen LogP contribution in [0.3, 0.4) is 0 Å². The molecule has 0 radical (unpaired) electrons. The highest BCUT2D eigenvalue weighted by Crippen LogP contribution is 2.49. The Morgan fingerprint density at radius 3 is 2.61 bits per heavy atom. The van der Waals surface area contributed by atoms with Gasteiger partial charge in [0.1, 0.15) is 0 Å². The number of rotatable bonds is 3. The predicted molar refractivity (Wildman–Crippen MR) is 72.2 cm³/mol. The number of nitrogens with one attached hydrogen (secondary N) is 1. The molecule has 1 saturated carbocycles. The third-order valence-electron chi connectivity index (χ3n) is 4.77. The van der Waals surface area contributed by atoms with Gasteiger partial charge in [0.25, 0.3) is 0 Å². The zero-order chi connectivity index (χ0) is 12.6. The topological polar surface area (TPSA) is 35.8 Å². The van der Waals surface area contributed by atoms with Gasteiger partial charge in [-0.25, -0.2) is 0 Å². The third kappa shape index (κ3) is 1.66. The Labute approximate surface area is 109 Å². The van der Waals surface area contributed by atoms with Gasteiger partial charge in [-0.15, -0.1) is 0 Å². The van der Waals surface area contributed by atoms with E-state index in [4.69, 9.17) is 0 Å².